The van der Waals surface area contributed by atoms with E-state index in [1.165, 1.54) is 24.3 Å². The number of ether oxygens (including phenoxy) is 2. The van der Waals surface area contributed by atoms with Gasteiger partial charge in [-0.15, -0.1) is 5.10 Å². The standard InChI is InChI=1S/C23H15F4N3O5/c1-2-34-22(31)13-10-11-18(16(24)12-13)29-17-8-4-3-6-14(17)21(28-29)35-20-15(23(25,26)27)7-5-9-19(20)30(32)33/h3-12H,2H2,1H3. The minimum atomic E-state index is -4.95. The van der Waals surface area contributed by atoms with E-state index in [0.717, 1.165) is 22.9 Å². The van der Waals surface area contributed by atoms with E-state index in [4.69, 9.17) is 9.47 Å². The molecule has 1 aromatic heterocycles. The van der Waals surface area contributed by atoms with E-state index >= 15 is 0 Å². The average molecular weight is 489 g/mol. The Kier molecular flexibility index (Phi) is 6.12. The zero-order valence-electron chi connectivity index (χ0n) is 17.9. The highest BCUT2D eigenvalue weighted by atomic mass is 19.4. The minimum Gasteiger partial charge on any atom is -0.462 e. The highest BCUT2D eigenvalue weighted by molar-refractivity contribution is 5.90. The summed E-state index contributed by atoms with van der Waals surface area (Å²) in [7, 11) is 0. The molecule has 0 aliphatic carbocycles. The van der Waals surface area contributed by atoms with Crippen LogP contribution in [0.4, 0.5) is 23.2 Å². The molecule has 0 aliphatic heterocycles. The van der Waals surface area contributed by atoms with Crippen molar-refractivity contribution in [1.29, 1.82) is 0 Å². The van der Waals surface area contributed by atoms with Crippen molar-refractivity contribution in [3.05, 3.63) is 87.7 Å². The summed E-state index contributed by atoms with van der Waals surface area (Å²) in [5.74, 6) is -3.05. The van der Waals surface area contributed by atoms with Gasteiger partial charge in [-0.25, -0.2) is 13.9 Å². The monoisotopic (exact) mass is 489 g/mol. The molecule has 12 heteroatoms. The van der Waals surface area contributed by atoms with Crippen molar-refractivity contribution in [2.75, 3.05) is 6.61 Å². The average Bonchev–Trinajstić information content (AvgIpc) is 3.16. The molecule has 0 saturated heterocycles. The van der Waals surface area contributed by atoms with Gasteiger partial charge in [-0.3, -0.25) is 10.1 Å². The van der Waals surface area contributed by atoms with Crippen LogP contribution in [0.25, 0.3) is 16.6 Å². The maximum absolute atomic E-state index is 14.9. The smallest absolute Gasteiger partial charge is 0.420 e. The number of halogens is 4. The molecule has 0 N–H and O–H groups in total. The number of hydrogen-bond acceptors (Lipinski definition) is 6. The number of benzene rings is 3. The maximum Gasteiger partial charge on any atom is 0.420 e. The van der Waals surface area contributed by atoms with Crippen LogP contribution in [-0.4, -0.2) is 27.3 Å². The molecule has 180 valence electrons. The molecule has 0 unspecified atom stereocenters. The van der Waals surface area contributed by atoms with Crippen LogP contribution in [0.2, 0.25) is 0 Å². The summed E-state index contributed by atoms with van der Waals surface area (Å²) in [4.78, 5) is 22.3. The third kappa shape index (κ3) is 4.50. The van der Waals surface area contributed by atoms with Gasteiger partial charge >= 0.3 is 17.8 Å². The van der Waals surface area contributed by atoms with Gasteiger partial charge in [0.15, 0.2) is 0 Å². The number of nitro benzene ring substituents is 1. The summed E-state index contributed by atoms with van der Waals surface area (Å²) in [5.41, 5.74) is -2.21. The number of aromatic nitrogens is 2. The SMILES string of the molecule is CCOC(=O)c1ccc(-n2nc(Oc3c([N+](=O)[O-])cccc3C(F)(F)F)c3ccccc32)c(F)c1. The Balaban J connectivity index is 1.86. The lowest BCUT2D eigenvalue weighted by molar-refractivity contribution is -0.385. The van der Waals surface area contributed by atoms with Gasteiger partial charge in [0, 0.05) is 6.07 Å². The van der Waals surface area contributed by atoms with Crippen molar-refractivity contribution >= 4 is 22.6 Å². The molecule has 0 atom stereocenters. The summed E-state index contributed by atoms with van der Waals surface area (Å²) in [6.07, 6.45) is -4.95. The predicted molar refractivity (Wildman–Crippen MR) is 115 cm³/mol. The van der Waals surface area contributed by atoms with Crippen LogP contribution in [0, 0.1) is 15.9 Å². The number of esters is 1. The van der Waals surface area contributed by atoms with Crippen molar-refractivity contribution in [2.45, 2.75) is 13.1 Å². The van der Waals surface area contributed by atoms with Gasteiger partial charge in [0.2, 0.25) is 11.6 Å². The van der Waals surface area contributed by atoms with E-state index in [0.29, 0.717) is 6.07 Å². The normalized spacial score (nSPS) is 11.5. The fourth-order valence-corrected chi connectivity index (χ4v) is 3.41. The van der Waals surface area contributed by atoms with Crippen LogP contribution in [0.1, 0.15) is 22.8 Å². The van der Waals surface area contributed by atoms with E-state index in [9.17, 15) is 32.5 Å². The number of nitro groups is 1. The molecule has 0 fully saturated rings. The van der Waals surface area contributed by atoms with Gasteiger partial charge in [-0.1, -0.05) is 18.2 Å². The number of fused-ring (bicyclic) bond motifs is 1. The lowest BCUT2D eigenvalue weighted by atomic mass is 10.1. The molecule has 0 radical (unpaired) electrons. The maximum atomic E-state index is 14.9. The second-order valence-electron chi connectivity index (χ2n) is 7.13. The first-order chi connectivity index (χ1) is 16.6. The Bertz CT molecular complexity index is 1450. The highest BCUT2D eigenvalue weighted by Crippen LogP contribution is 2.44. The quantitative estimate of drug-likeness (QED) is 0.141. The number of rotatable bonds is 6. The van der Waals surface area contributed by atoms with Crippen LogP contribution in [-0.2, 0) is 10.9 Å². The fourth-order valence-electron chi connectivity index (χ4n) is 3.41. The zero-order chi connectivity index (χ0) is 25.3. The first kappa shape index (κ1) is 23.7. The third-order valence-electron chi connectivity index (χ3n) is 4.94. The zero-order valence-corrected chi connectivity index (χ0v) is 17.9. The Hall–Kier alpha value is -4.48. The van der Waals surface area contributed by atoms with Crippen molar-refractivity contribution in [3.63, 3.8) is 0 Å². The van der Waals surface area contributed by atoms with Crippen LogP contribution in [0.15, 0.2) is 60.7 Å². The van der Waals surface area contributed by atoms with E-state index in [2.05, 4.69) is 5.10 Å². The van der Waals surface area contributed by atoms with Gasteiger partial charge in [0.05, 0.1) is 28.0 Å². The van der Waals surface area contributed by atoms with Crippen molar-refractivity contribution in [3.8, 4) is 17.3 Å². The van der Waals surface area contributed by atoms with E-state index < -0.39 is 45.8 Å². The first-order valence-electron chi connectivity index (χ1n) is 10.1. The second-order valence-corrected chi connectivity index (χ2v) is 7.13. The van der Waals surface area contributed by atoms with Gasteiger partial charge in [0.25, 0.3) is 0 Å². The van der Waals surface area contributed by atoms with Gasteiger partial charge in [-0.2, -0.15) is 13.2 Å². The summed E-state index contributed by atoms with van der Waals surface area (Å²) in [6, 6.07) is 12.0. The molecule has 3 aromatic carbocycles. The molecule has 0 bridgehead atoms. The first-order valence-corrected chi connectivity index (χ1v) is 10.1. The number of para-hydroxylation sites is 2. The van der Waals surface area contributed by atoms with Crippen LogP contribution < -0.4 is 4.74 Å². The summed E-state index contributed by atoms with van der Waals surface area (Å²) in [6.45, 7) is 1.69. The molecule has 0 saturated carbocycles. The van der Waals surface area contributed by atoms with E-state index in [1.54, 1.807) is 19.1 Å². The molecule has 8 nitrogen and oxygen atoms in total. The molecular formula is C23H15F4N3O5. The number of alkyl halides is 3. The lowest BCUT2D eigenvalue weighted by Crippen LogP contribution is -2.09. The summed E-state index contributed by atoms with van der Waals surface area (Å²) in [5, 5.41) is 15.7. The molecule has 0 amide bonds. The number of carbonyl (C=O) groups is 1. The van der Waals surface area contributed by atoms with Crippen molar-refractivity contribution in [2.24, 2.45) is 0 Å². The van der Waals surface area contributed by atoms with Gasteiger partial charge in [0.1, 0.15) is 17.1 Å². The second kappa shape index (κ2) is 9.05. The lowest BCUT2D eigenvalue weighted by Gasteiger charge is -2.12. The number of nitrogens with zero attached hydrogens (tertiary/aromatic N) is 3. The molecule has 4 rings (SSSR count). The summed E-state index contributed by atoms with van der Waals surface area (Å²) < 4.78 is 67.0. The molecule has 35 heavy (non-hydrogen) atoms. The van der Waals surface area contributed by atoms with Gasteiger partial charge in [-0.05, 0) is 43.3 Å². The Labute approximate surface area is 194 Å². The van der Waals surface area contributed by atoms with Crippen molar-refractivity contribution in [1.82, 2.24) is 9.78 Å². The largest absolute Gasteiger partial charge is 0.462 e. The van der Waals surface area contributed by atoms with Crippen LogP contribution in [0.5, 0.6) is 11.6 Å². The minimum absolute atomic E-state index is 0.0456. The molecule has 1 heterocycles. The van der Waals surface area contributed by atoms with E-state index in [-0.39, 0.29) is 28.8 Å². The Morgan fingerprint density at radius 1 is 1.11 bits per heavy atom. The van der Waals surface area contributed by atoms with Crippen LogP contribution in [0.3, 0.4) is 0 Å². The number of hydrogen-bond donors (Lipinski definition) is 0. The van der Waals surface area contributed by atoms with Crippen molar-refractivity contribution < 1.29 is 36.8 Å². The van der Waals surface area contributed by atoms with Gasteiger partial charge < -0.3 is 9.47 Å². The molecular weight excluding hydrogens is 474 g/mol. The molecule has 0 aliphatic rings. The number of carbonyl (C=O) groups excluding carboxylic acids is 1. The summed E-state index contributed by atoms with van der Waals surface area (Å²) >= 11 is 0. The van der Waals surface area contributed by atoms with Crippen LogP contribution >= 0.6 is 0 Å². The Morgan fingerprint density at radius 3 is 2.51 bits per heavy atom. The van der Waals surface area contributed by atoms with E-state index in [1.807, 2.05) is 0 Å². The molecule has 0 spiro atoms. The fraction of sp³-hybridized carbons (Fsp3) is 0.130. The molecule has 4 aromatic rings. The predicted octanol–water partition coefficient (Wildman–Crippen LogP) is 6.06. The highest BCUT2D eigenvalue weighted by Gasteiger charge is 2.38. The third-order valence-corrected chi connectivity index (χ3v) is 4.94. The Morgan fingerprint density at radius 2 is 1.86 bits per heavy atom. The topological polar surface area (TPSA) is 96.5 Å².